The Hall–Kier alpha value is -2.93. The lowest BCUT2D eigenvalue weighted by molar-refractivity contribution is -0.122. The van der Waals surface area contributed by atoms with Crippen molar-refractivity contribution in [1.82, 2.24) is 25.7 Å². The van der Waals surface area contributed by atoms with Crippen LogP contribution >= 0.6 is 0 Å². The van der Waals surface area contributed by atoms with E-state index in [1.165, 1.54) is 0 Å². The summed E-state index contributed by atoms with van der Waals surface area (Å²) in [6.45, 7) is 4.01. The number of hydrogen-bond donors (Lipinski definition) is 4. The van der Waals surface area contributed by atoms with Crippen molar-refractivity contribution in [3.8, 4) is 11.3 Å². The Morgan fingerprint density at radius 3 is 2.62 bits per heavy atom. The Kier molecular flexibility index (Phi) is 4.43. The van der Waals surface area contributed by atoms with E-state index in [0.717, 1.165) is 33.9 Å². The number of nitrogens with zero attached hydrogens (tertiary/aromatic N) is 2. The van der Waals surface area contributed by atoms with Gasteiger partial charge in [-0.2, -0.15) is 10.2 Å². The van der Waals surface area contributed by atoms with Gasteiger partial charge in [0.05, 0.1) is 23.6 Å². The average Bonchev–Trinajstić information content (AvgIpc) is 3.20. The Balaban J connectivity index is 1.64. The minimum Gasteiger partial charge on any atom is -0.349 e. The second kappa shape index (κ2) is 6.67. The number of rotatable bonds is 5. The van der Waals surface area contributed by atoms with E-state index in [2.05, 4.69) is 25.7 Å². The van der Waals surface area contributed by atoms with E-state index in [9.17, 15) is 4.79 Å². The zero-order valence-corrected chi connectivity index (χ0v) is 13.6. The van der Waals surface area contributed by atoms with E-state index in [4.69, 9.17) is 5.73 Å². The van der Waals surface area contributed by atoms with Crippen LogP contribution in [0.5, 0.6) is 0 Å². The van der Waals surface area contributed by atoms with Gasteiger partial charge in [0.2, 0.25) is 5.91 Å². The van der Waals surface area contributed by atoms with Crippen LogP contribution in [0.4, 0.5) is 0 Å². The van der Waals surface area contributed by atoms with Gasteiger partial charge in [0.25, 0.3) is 0 Å². The van der Waals surface area contributed by atoms with E-state index >= 15 is 0 Å². The highest BCUT2D eigenvalue weighted by atomic mass is 16.2. The Morgan fingerprint density at radius 2 is 1.96 bits per heavy atom. The average molecular weight is 324 g/mol. The second-order valence-corrected chi connectivity index (χ2v) is 5.69. The number of nitrogens with two attached hydrogens (primary N) is 1. The van der Waals surface area contributed by atoms with Gasteiger partial charge in [0.15, 0.2) is 0 Å². The van der Waals surface area contributed by atoms with Gasteiger partial charge in [-0.1, -0.05) is 30.3 Å². The van der Waals surface area contributed by atoms with Crippen LogP contribution in [0.15, 0.2) is 36.4 Å². The Bertz CT molecular complexity index is 816. The summed E-state index contributed by atoms with van der Waals surface area (Å²) in [6.07, 6.45) is 0. The molecule has 0 radical (unpaired) electrons. The molecule has 1 aromatic carbocycles. The highest BCUT2D eigenvalue weighted by molar-refractivity contribution is 5.83. The van der Waals surface area contributed by atoms with Crippen LogP contribution in [0.25, 0.3) is 11.3 Å². The van der Waals surface area contributed by atoms with Crippen molar-refractivity contribution in [3.05, 3.63) is 59.0 Å². The molecule has 0 fully saturated rings. The molecular weight excluding hydrogens is 304 g/mol. The summed E-state index contributed by atoms with van der Waals surface area (Å²) in [5.41, 5.74) is 11.0. The summed E-state index contributed by atoms with van der Waals surface area (Å²) in [5, 5.41) is 16.9. The topological polar surface area (TPSA) is 112 Å². The van der Waals surface area contributed by atoms with E-state index in [-0.39, 0.29) is 5.91 Å². The minimum atomic E-state index is -0.750. The predicted octanol–water partition coefficient (Wildman–Crippen LogP) is 1.73. The second-order valence-electron chi connectivity index (χ2n) is 5.69. The van der Waals surface area contributed by atoms with E-state index < -0.39 is 6.04 Å². The summed E-state index contributed by atoms with van der Waals surface area (Å²) in [7, 11) is 0. The third-order valence-corrected chi connectivity index (χ3v) is 3.93. The van der Waals surface area contributed by atoms with Crippen molar-refractivity contribution in [3.63, 3.8) is 0 Å². The molecule has 1 unspecified atom stereocenters. The molecule has 0 aliphatic rings. The molecule has 0 aliphatic heterocycles. The molecule has 5 N–H and O–H groups in total. The van der Waals surface area contributed by atoms with Gasteiger partial charge in [0, 0.05) is 16.8 Å². The maximum Gasteiger partial charge on any atom is 0.241 e. The lowest BCUT2D eigenvalue weighted by Crippen LogP contribution is -2.34. The first-order valence-corrected chi connectivity index (χ1v) is 7.70. The van der Waals surface area contributed by atoms with Gasteiger partial charge < -0.3 is 11.1 Å². The number of nitrogens with one attached hydrogen (secondary N) is 3. The molecule has 2 aromatic heterocycles. The van der Waals surface area contributed by atoms with Crippen LogP contribution < -0.4 is 11.1 Å². The third kappa shape index (κ3) is 3.21. The van der Waals surface area contributed by atoms with Crippen molar-refractivity contribution in [2.24, 2.45) is 5.73 Å². The van der Waals surface area contributed by atoms with E-state index in [1.807, 2.05) is 50.2 Å². The summed E-state index contributed by atoms with van der Waals surface area (Å²) >= 11 is 0. The number of H-pyrrole nitrogens is 2. The van der Waals surface area contributed by atoms with Gasteiger partial charge >= 0.3 is 0 Å². The molecule has 0 aliphatic carbocycles. The predicted molar refractivity (Wildman–Crippen MR) is 90.9 cm³/mol. The zero-order valence-electron chi connectivity index (χ0n) is 13.6. The van der Waals surface area contributed by atoms with Crippen LogP contribution in [-0.4, -0.2) is 26.3 Å². The van der Waals surface area contributed by atoms with Crippen molar-refractivity contribution in [2.75, 3.05) is 0 Å². The molecule has 0 spiro atoms. The van der Waals surface area contributed by atoms with Crippen LogP contribution in [-0.2, 0) is 11.3 Å². The first-order valence-electron chi connectivity index (χ1n) is 7.70. The molecule has 7 heteroatoms. The van der Waals surface area contributed by atoms with Crippen LogP contribution in [0.1, 0.15) is 28.7 Å². The van der Waals surface area contributed by atoms with Gasteiger partial charge in [-0.3, -0.25) is 15.0 Å². The van der Waals surface area contributed by atoms with Gasteiger partial charge in [0.1, 0.15) is 6.04 Å². The van der Waals surface area contributed by atoms with Crippen LogP contribution in [0.3, 0.4) is 0 Å². The van der Waals surface area contributed by atoms with E-state index in [1.54, 1.807) is 0 Å². The maximum absolute atomic E-state index is 12.3. The molecule has 0 bridgehead atoms. The summed E-state index contributed by atoms with van der Waals surface area (Å²) in [5.74, 6) is -0.251. The lowest BCUT2D eigenvalue weighted by Gasteiger charge is -2.12. The highest BCUT2D eigenvalue weighted by Gasteiger charge is 2.21. The van der Waals surface area contributed by atoms with Gasteiger partial charge in [-0.25, -0.2) is 0 Å². The monoisotopic (exact) mass is 324 g/mol. The number of carbonyl (C=O) groups is 1. The van der Waals surface area contributed by atoms with Crippen molar-refractivity contribution in [1.29, 1.82) is 0 Å². The normalized spacial score (nSPS) is 12.1. The molecule has 24 heavy (non-hydrogen) atoms. The fourth-order valence-electron chi connectivity index (χ4n) is 2.65. The quantitative estimate of drug-likeness (QED) is 0.572. The molecular formula is C17H20N6O. The first kappa shape index (κ1) is 15.9. The molecule has 0 saturated carbocycles. The SMILES string of the molecule is Cc1n[nH]c(C)c1C(N)C(=O)NCc1cc(-c2ccccc2)n[nH]1. The number of aryl methyl sites for hydroxylation is 2. The van der Waals surface area contributed by atoms with Gasteiger partial charge in [-0.05, 0) is 19.9 Å². The summed E-state index contributed by atoms with van der Waals surface area (Å²) < 4.78 is 0. The first-order chi connectivity index (χ1) is 11.6. The fraction of sp³-hybridized carbons (Fsp3) is 0.235. The molecule has 7 nitrogen and oxygen atoms in total. The largest absolute Gasteiger partial charge is 0.349 e. The molecule has 2 heterocycles. The number of aromatic nitrogens is 4. The number of amides is 1. The summed E-state index contributed by atoms with van der Waals surface area (Å²) in [4.78, 5) is 12.3. The smallest absolute Gasteiger partial charge is 0.241 e. The molecule has 0 saturated heterocycles. The number of benzene rings is 1. The van der Waals surface area contributed by atoms with Crippen LogP contribution in [0.2, 0.25) is 0 Å². The van der Waals surface area contributed by atoms with Crippen molar-refractivity contribution >= 4 is 5.91 Å². The highest BCUT2D eigenvalue weighted by Crippen LogP contribution is 2.19. The maximum atomic E-state index is 12.3. The van der Waals surface area contributed by atoms with Crippen molar-refractivity contribution < 1.29 is 4.79 Å². The van der Waals surface area contributed by atoms with Gasteiger partial charge in [-0.15, -0.1) is 0 Å². The number of carbonyl (C=O) groups excluding carboxylic acids is 1. The summed E-state index contributed by atoms with van der Waals surface area (Å²) in [6, 6.07) is 11.0. The molecule has 3 rings (SSSR count). The van der Waals surface area contributed by atoms with Crippen LogP contribution in [0, 0.1) is 13.8 Å². The molecule has 1 atom stereocenters. The Morgan fingerprint density at radius 1 is 1.21 bits per heavy atom. The number of aromatic amines is 2. The molecule has 1 amide bonds. The van der Waals surface area contributed by atoms with E-state index in [0.29, 0.717) is 6.54 Å². The lowest BCUT2D eigenvalue weighted by atomic mass is 10.1. The zero-order chi connectivity index (χ0) is 17.1. The standard InChI is InChI=1S/C17H20N6O/c1-10-15(11(2)21-20-10)16(18)17(24)19-9-13-8-14(23-22-13)12-6-4-3-5-7-12/h3-8,16H,9,18H2,1-2H3,(H,19,24)(H,20,21)(H,22,23). The minimum absolute atomic E-state index is 0.251. The molecule has 124 valence electrons. The fourth-order valence-corrected chi connectivity index (χ4v) is 2.65. The Labute approximate surface area is 139 Å². The molecule has 3 aromatic rings. The van der Waals surface area contributed by atoms with Crippen molar-refractivity contribution in [2.45, 2.75) is 26.4 Å². The third-order valence-electron chi connectivity index (χ3n) is 3.93. The number of hydrogen-bond acceptors (Lipinski definition) is 4.